The van der Waals surface area contributed by atoms with Crippen molar-refractivity contribution >= 4 is 11.9 Å². The van der Waals surface area contributed by atoms with E-state index in [1.807, 2.05) is 0 Å². The highest BCUT2D eigenvalue weighted by molar-refractivity contribution is 5.78. The fourth-order valence-corrected chi connectivity index (χ4v) is 1.54. The van der Waals surface area contributed by atoms with Crippen molar-refractivity contribution in [2.75, 3.05) is 20.3 Å². The zero-order chi connectivity index (χ0) is 15.3. The lowest BCUT2D eigenvalue weighted by Gasteiger charge is -2.25. The highest BCUT2D eigenvalue weighted by atomic mass is 19.2. The number of benzene rings is 1. The summed E-state index contributed by atoms with van der Waals surface area (Å²) in [7, 11) is 1.47. The van der Waals surface area contributed by atoms with Crippen molar-refractivity contribution in [2.24, 2.45) is 0 Å². The minimum Gasteiger partial charge on any atom is -0.480 e. The standard InChI is InChI=1S/C13H15F2NO4/c1-8(9-3-4-10(14)11(15)5-9)16(2)12(17)6-20-7-13(18)19/h3-5,8H,6-7H2,1-2H3,(H,18,19). The predicted octanol–water partition coefficient (Wildman–Crippen LogP) is 1.59. The largest absolute Gasteiger partial charge is 0.480 e. The molecule has 1 N–H and O–H groups in total. The maximum absolute atomic E-state index is 13.1. The van der Waals surface area contributed by atoms with Crippen molar-refractivity contribution in [3.63, 3.8) is 0 Å². The fraction of sp³-hybridized carbons (Fsp3) is 0.385. The summed E-state index contributed by atoms with van der Waals surface area (Å²) in [6, 6.07) is 2.89. The minimum absolute atomic E-state index is 0.392. The van der Waals surface area contributed by atoms with Gasteiger partial charge < -0.3 is 14.7 Å². The first-order chi connectivity index (χ1) is 9.32. The molecule has 0 aromatic heterocycles. The van der Waals surface area contributed by atoms with Gasteiger partial charge in [-0.15, -0.1) is 0 Å². The SMILES string of the molecule is CC(c1ccc(F)c(F)c1)N(C)C(=O)COCC(=O)O. The maximum Gasteiger partial charge on any atom is 0.329 e. The predicted molar refractivity (Wildman–Crippen MR) is 66.0 cm³/mol. The van der Waals surface area contributed by atoms with Gasteiger partial charge in [-0.2, -0.15) is 0 Å². The quantitative estimate of drug-likeness (QED) is 0.862. The summed E-state index contributed by atoms with van der Waals surface area (Å²) in [5.41, 5.74) is 0.429. The van der Waals surface area contributed by atoms with E-state index in [1.165, 1.54) is 18.0 Å². The van der Waals surface area contributed by atoms with Crippen LogP contribution in [0.15, 0.2) is 18.2 Å². The lowest BCUT2D eigenvalue weighted by atomic mass is 10.1. The Bertz CT molecular complexity index is 507. The molecule has 7 heteroatoms. The van der Waals surface area contributed by atoms with Crippen LogP contribution >= 0.6 is 0 Å². The number of aliphatic carboxylic acids is 1. The number of likely N-dealkylation sites (N-methyl/N-ethyl adjacent to an activating group) is 1. The molecule has 0 fully saturated rings. The third-order valence-corrected chi connectivity index (χ3v) is 2.85. The van der Waals surface area contributed by atoms with Gasteiger partial charge in [0, 0.05) is 7.05 Å². The summed E-state index contributed by atoms with van der Waals surface area (Å²) >= 11 is 0. The molecule has 1 amide bonds. The van der Waals surface area contributed by atoms with Crippen LogP contribution in [-0.4, -0.2) is 42.1 Å². The molecule has 1 atom stereocenters. The summed E-state index contributed by atoms with van der Waals surface area (Å²) in [4.78, 5) is 23.3. The number of halogens is 2. The third-order valence-electron chi connectivity index (χ3n) is 2.85. The Morgan fingerprint density at radius 3 is 2.50 bits per heavy atom. The van der Waals surface area contributed by atoms with E-state index in [2.05, 4.69) is 4.74 Å². The number of carbonyl (C=O) groups excluding carboxylic acids is 1. The summed E-state index contributed by atoms with van der Waals surface area (Å²) in [6.07, 6.45) is 0. The van der Waals surface area contributed by atoms with Crippen molar-refractivity contribution in [3.05, 3.63) is 35.4 Å². The molecule has 0 aliphatic rings. The van der Waals surface area contributed by atoms with Gasteiger partial charge in [-0.05, 0) is 24.6 Å². The molecule has 110 valence electrons. The molecule has 0 heterocycles. The average molecular weight is 287 g/mol. The van der Waals surface area contributed by atoms with Crippen molar-refractivity contribution in [1.82, 2.24) is 4.90 Å². The first-order valence-corrected chi connectivity index (χ1v) is 5.83. The molecule has 0 radical (unpaired) electrons. The van der Waals surface area contributed by atoms with Gasteiger partial charge in [0.05, 0.1) is 6.04 Å². The number of rotatable bonds is 6. The van der Waals surface area contributed by atoms with Crippen LogP contribution in [0.5, 0.6) is 0 Å². The Morgan fingerprint density at radius 2 is 1.95 bits per heavy atom. The van der Waals surface area contributed by atoms with Gasteiger partial charge in [-0.3, -0.25) is 4.79 Å². The van der Waals surface area contributed by atoms with Crippen molar-refractivity contribution in [1.29, 1.82) is 0 Å². The summed E-state index contributed by atoms with van der Waals surface area (Å²) in [6.45, 7) is 0.678. The Hall–Kier alpha value is -2.02. The molecule has 0 saturated heterocycles. The van der Waals surface area contributed by atoms with E-state index in [0.717, 1.165) is 12.1 Å². The van der Waals surface area contributed by atoms with Crippen LogP contribution in [0, 0.1) is 11.6 Å². The molecule has 0 aliphatic heterocycles. The normalized spacial score (nSPS) is 12.0. The van der Waals surface area contributed by atoms with Crippen LogP contribution in [0.4, 0.5) is 8.78 Å². The van der Waals surface area contributed by atoms with E-state index in [0.29, 0.717) is 5.56 Å². The molecule has 0 aliphatic carbocycles. The highest BCUT2D eigenvalue weighted by Crippen LogP contribution is 2.20. The number of hydrogen-bond acceptors (Lipinski definition) is 3. The first-order valence-electron chi connectivity index (χ1n) is 5.83. The van der Waals surface area contributed by atoms with Gasteiger partial charge in [0.25, 0.3) is 0 Å². The molecule has 1 aromatic rings. The van der Waals surface area contributed by atoms with Gasteiger partial charge in [-0.1, -0.05) is 6.07 Å². The smallest absolute Gasteiger partial charge is 0.329 e. The summed E-state index contributed by atoms with van der Waals surface area (Å²) in [5, 5.41) is 8.38. The molecule has 1 unspecified atom stereocenters. The Balaban J connectivity index is 2.65. The molecular weight excluding hydrogens is 272 g/mol. The van der Waals surface area contributed by atoms with E-state index in [-0.39, 0.29) is 0 Å². The van der Waals surface area contributed by atoms with Crippen LogP contribution in [0.1, 0.15) is 18.5 Å². The number of ether oxygens (including phenoxy) is 1. The van der Waals surface area contributed by atoms with E-state index in [4.69, 9.17) is 5.11 Å². The van der Waals surface area contributed by atoms with E-state index in [1.54, 1.807) is 6.92 Å². The monoisotopic (exact) mass is 287 g/mol. The molecule has 1 aromatic carbocycles. The van der Waals surface area contributed by atoms with Gasteiger partial charge in [-0.25, -0.2) is 13.6 Å². The summed E-state index contributed by atoms with van der Waals surface area (Å²) < 4.78 is 30.6. The molecular formula is C13H15F2NO4. The number of hydrogen-bond donors (Lipinski definition) is 1. The van der Waals surface area contributed by atoms with E-state index >= 15 is 0 Å². The van der Waals surface area contributed by atoms with Crippen molar-refractivity contribution in [2.45, 2.75) is 13.0 Å². The van der Waals surface area contributed by atoms with Gasteiger partial charge in [0.2, 0.25) is 5.91 Å². The molecule has 5 nitrogen and oxygen atoms in total. The molecule has 0 spiro atoms. The second kappa shape index (κ2) is 6.95. The average Bonchev–Trinajstić information content (AvgIpc) is 2.39. The zero-order valence-electron chi connectivity index (χ0n) is 11.1. The molecule has 0 saturated carbocycles. The second-order valence-corrected chi connectivity index (χ2v) is 4.24. The second-order valence-electron chi connectivity index (χ2n) is 4.24. The lowest BCUT2D eigenvalue weighted by Crippen LogP contribution is -2.33. The van der Waals surface area contributed by atoms with Gasteiger partial charge >= 0.3 is 5.97 Å². The van der Waals surface area contributed by atoms with E-state index in [9.17, 15) is 18.4 Å². The van der Waals surface area contributed by atoms with Crippen molar-refractivity contribution in [3.8, 4) is 0 Å². The lowest BCUT2D eigenvalue weighted by molar-refractivity contribution is -0.146. The van der Waals surface area contributed by atoms with Gasteiger partial charge in [0.1, 0.15) is 13.2 Å². The number of carboxylic acids is 1. The Kier molecular flexibility index (Phi) is 5.57. The van der Waals surface area contributed by atoms with Crippen LogP contribution in [0.3, 0.4) is 0 Å². The van der Waals surface area contributed by atoms with Crippen LogP contribution in [-0.2, 0) is 14.3 Å². The Labute approximate surface area is 114 Å². The summed E-state index contributed by atoms with van der Waals surface area (Å²) in [5.74, 6) is -3.57. The molecule has 20 heavy (non-hydrogen) atoms. The van der Waals surface area contributed by atoms with Crippen LogP contribution in [0.2, 0.25) is 0 Å². The van der Waals surface area contributed by atoms with E-state index < -0.39 is 42.8 Å². The fourth-order valence-electron chi connectivity index (χ4n) is 1.54. The number of nitrogens with zero attached hydrogens (tertiary/aromatic N) is 1. The number of carbonyl (C=O) groups is 2. The van der Waals surface area contributed by atoms with Gasteiger partial charge in [0.15, 0.2) is 11.6 Å². The highest BCUT2D eigenvalue weighted by Gasteiger charge is 2.19. The Morgan fingerprint density at radius 1 is 1.30 bits per heavy atom. The van der Waals surface area contributed by atoms with Crippen LogP contribution < -0.4 is 0 Å². The third kappa shape index (κ3) is 4.27. The molecule has 1 rings (SSSR count). The topological polar surface area (TPSA) is 66.8 Å². The first kappa shape index (κ1) is 16.0. The zero-order valence-corrected chi connectivity index (χ0v) is 11.1. The number of carboxylic acid groups (broad SMARTS) is 1. The maximum atomic E-state index is 13.1. The van der Waals surface area contributed by atoms with Crippen molar-refractivity contribution < 1.29 is 28.2 Å². The number of amides is 1. The van der Waals surface area contributed by atoms with Crippen LogP contribution in [0.25, 0.3) is 0 Å². The minimum atomic E-state index is -1.17. The molecule has 0 bridgehead atoms.